The number of aliphatic imine (C=N–C) groups is 1. The first kappa shape index (κ1) is 20.7. The number of hydrogen-bond acceptors (Lipinski definition) is 6. The molecular formula is C19H18ClN5O3S2. The highest BCUT2D eigenvalue weighted by molar-refractivity contribution is 7.91. The zero-order valence-electron chi connectivity index (χ0n) is 15.7. The minimum absolute atomic E-state index is 0.0725. The third-order valence-corrected chi connectivity index (χ3v) is 7.87. The average Bonchev–Trinajstić information content (AvgIpc) is 3.31. The quantitative estimate of drug-likeness (QED) is 0.330. The summed E-state index contributed by atoms with van der Waals surface area (Å²) in [5.41, 5.74) is 6.73. The van der Waals surface area contributed by atoms with E-state index in [-0.39, 0.29) is 16.8 Å². The van der Waals surface area contributed by atoms with Gasteiger partial charge in [-0.3, -0.25) is 4.79 Å². The Labute approximate surface area is 182 Å². The van der Waals surface area contributed by atoms with Crippen LogP contribution in [0, 0.1) is 0 Å². The zero-order valence-corrected chi connectivity index (χ0v) is 18.0. The summed E-state index contributed by atoms with van der Waals surface area (Å²) in [5.74, 6) is -0.00525. The summed E-state index contributed by atoms with van der Waals surface area (Å²) in [4.78, 5) is 23.0. The fourth-order valence-corrected chi connectivity index (χ4v) is 5.87. The van der Waals surface area contributed by atoms with Gasteiger partial charge in [0.05, 0.1) is 0 Å². The number of rotatable bonds is 6. The van der Waals surface area contributed by atoms with E-state index in [0.29, 0.717) is 34.2 Å². The van der Waals surface area contributed by atoms with E-state index in [1.54, 1.807) is 12.1 Å². The number of carbonyl (C=O) groups is 1. The monoisotopic (exact) mass is 463 g/mol. The molecule has 1 aliphatic heterocycles. The Morgan fingerprint density at radius 1 is 1.30 bits per heavy atom. The number of sulfonamides is 1. The summed E-state index contributed by atoms with van der Waals surface area (Å²) < 4.78 is 28.1. The van der Waals surface area contributed by atoms with Gasteiger partial charge >= 0.3 is 0 Å². The number of halogens is 1. The van der Waals surface area contributed by atoms with Crippen LogP contribution in [-0.4, -0.2) is 49.3 Å². The molecule has 0 unspecified atom stereocenters. The molecule has 0 radical (unpaired) electrons. The largest absolute Gasteiger partial charge is 0.383 e. The molecule has 0 bridgehead atoms. The number of nitrogens with zero attached hydrogens (tertiary/aromatic N) is 3. The van der Waals surface area contributed by atoms with Crippen LogP contribution in [0.1, 0.15) is 12.0 Å². The van der Waals surface area contributed by atoms with Crippen LogP contribution in [0.15, 0.2) is 57.7 Å². The number of fused-ring (bicyclic) bond motifs is 1. The highest BCUT2D eigenvalue weighted by Crippen LogP contribution is 2.29. The van der Waals surface area contributed by atoms with Crippen molar-refractivity contribution in [2.45, 2.75) is 16.7 Å². The van der Waals surface area contributed by atoms with E-state index < -0.39 is 16.1 Å². The number of benzene rings is 1. The van der Waals surface area contributed by atoms with Crippen molar-refractivity contribution in [1.82, 2.24) is 14.6 Å². The van der Waals surface area contributed by atoms with E-state index in [9.17, 15) is 13.2 Å². The van der Waals surface area contributed by atoms with Crippen LogP contribution in [0.5, 0.6) is 0 Å². The normalized spacial score (nSPS) is 17.8. The summed E-state index contributed by atoms with van der Waals surface area (Å²) in [6.45, 7) is 0.463. The summed E-state index contributed by atoms with van der Waals surface area (Å²) in [7, 11) is -3.87. The fraction of sp³-hybridized carbons (Fsp3) is 0.211. The summed E-state index contributed by atoms with van der Waals surface area (Å²) in [5, 5.41) is 0.966. The second-order valence-electron chi connectivity index (χ2n) is 6.71. The molecule has 1 fully saturated rings. The van der Waals surface area contributed by atoms with Crippen LogP contribution >= 0.6 is 22.9 Å². The number of nitrogens with one attached hydrogen (secondary N) is 1. The molecule has 8 nitrogen and oxygen atoms in total. The van der Waals surface area contributed by atoms with E-state index in [1.807, 2.05) is 30.3 Å². The van der Waals surface area contributed by atoms with Gasteiger partial charge in [-0.1, -0.05) is 41.9 Å². The number of nitrogens with two attached hydrogens (primary N) is 1. The molecule has 3 aromatic rings. The molecule has 1 saturated heterocycles. The Kier molecular flexibility index (Phi) is 5.74. The van der Waals surface area contributed by atoms with Crippen molar-refractivity contribution in [2.24, 2.45) is 10.7 Å². The van der Waals surface area contributed by atoms with Gasteiger partial charge in [0.1, 0.15) is 32.7 Å². The molecule has 30 heavy (non-hydrogen) atoms. The lowest BCUT2D eigenvalue weighted by Gasteiger charge is -2.15. The number of amides is 1. The van der Waals surface area contributed by atoms with E-state index in [2.05, 4.69) is 14.7 Å². The molecule has 156 valence electrons. The van der Waals surface area contributed by atoms with Gasteiger partial charge in [-0.05, 0) is 24.6 Å². The van der Waals surface area contributed by atoms with Crippen LogP contribution in [0.2, 0.25) is 5.15 Å². The second kappa shape index (κ2) is 8.31. The van der Waals surface area contributed by atoms with E-state index >= 15 is 0 Å². The number of likely N-dealkylation sites (tertiary alicyclic amines) is 1. The predicted molar refractivity (Wildman–Crippen MR) is 117 cm³/mol. The Balaban J connectivity index is 1.44. The molecule has 0 aliphatic carbocycles. The number of thiophene rings is 1. The first-order valence-corrected chi connectivity index (χ1v) is 11.7. The van der Waals surface area contributed by atoms with Crippen LogP contribution < -0.4 is 10.5 Å². The third-order valence-electron chi connectivity index (χ3n) is 4.67. The molecule has 2 aromatic heterocycles. The highest BCUT2D eigenvalue weighted by atomic mass is 35.5. The van der Waals surface area contributed by atoms with Crippen molar-refractivity contribution in [3.63, 3.8) is 0 Å². The molecular weight excluding hydrogens is 446 g/mol. The lowest BCUT2D eigenvalue weighted by molar-refractivity contribution is -0.128. The van der Waals surface area contributed by atoms with Gasteiger partial charge in [0, 0.05) is 17.5 Å². The molecule has 3 N–H and O–H groups in total. The Bertz CT molecular complexity index is 1230. The summed E-state index contributed by atoms with van der Waals surface area (Å²) in [6, 6.07) is 13.2. The second-order valence-corrected chi connectivity index (χ2v) is 10.1. The topological polar surface area (TPSA) is 118 Å². The van der Waals surface area contributed by atoms with E-state index in [4.69, 9.17) is 17.3 Å². The van der Waals surface area contributed by atoms with Gasteiger partial charge in [0.15, 0.2) is 0 Å². The summed E-state index contributed by atoms with van der Waals surface area (Å²) in [6.07, 6.45) is 0.355. The van der Waals surface area contributed by atoms with Gasteiger partial charge in [-0.2, -0.15) is 4.72 Å². The van der Waals surface area contributed by atoms with Crippen molar-refractivity contribution in [3.05, 3.63) is 59.2 Å². The SMILES string of the molecule is NC(=NCN1CC[C@H](NS(=O)(=O)c2cc3ccc(Cl)nc3s2)C1=O)c1ccccc1. The van der Waals surface area contributed by atoms with Crippen LogP contribution in [0.25, 0.3) is 10.2 Å². The van der Waals surface area contributed by atoms with Crippen molar-refractivity contribution in [1.29, 1.82) is 0 Å². The summed E-state index contributed by atoms with van der Waals surface area (Å²) >= 11 is 6.87. The minimum Gasteiger partial charge on any atom is -0.383 e. The molecule has 1 amide bonds. The molecule has 1 atom stereocenters. The van der Waals surface area contributed by atoms with Crippen LogP contribution in [0.3, 0.4) is 0 Å². The van der Waals surface area contributed by atoms with Gasteiger partial charge in [0.25, 0.3) is 10.0 Å². The zero-order chi connectivity index (χ0) is 21.3. The lowest BCUT2D eigenvalue weighted by atomic mass is 10.2. The molecule has 0 saturated carbocycles. The van der Waals surface area contributed by atoms with Crippen molar-refractivity contribution >= 4 is 54.9 Å². The van der Waals surface area contributed by atoms with E-state index in [1.165, 1.54) is 11.0 Å². The van der Waals surface area contributed by atoms with Crippen LogP contribution in [0.4, 0.5) is 0 Å². The van der Waals surface area contributed by atoms with Gasteiger partial charge in [0.2, 0.25) is 5.91 Å². The van der Waals surface area contributed by atoms with Crippen molar-refractivity contribution < 1.29 is 13.2 Å². The minimum atomic E-state index is -3.87. The Morgan fingerprint density at radius 3 is 2.83 bits per heavy atom. The highest BCUT2D eigenvalue weighted by Gasteiger charge is 2.35. The molecule has 1 aromatic carbocycles. The number of aromatic nitrogens is 1. The Hall–Kier alpha value is -2.53. The number of hydrogen-bond donors (Lipinski definition) is 2. The lowest BCUT2D eigenvalue weighted by Crippen LogP contribution is -2.41. The first-order valence-electron chi connectivity index (χ1n) is 9.06. The molecule has 1 aliphatic rings. The molecule has 3 heterocycles. The first-order chi connectivity index (χ1) is 14.3. The van der Waals surface area contributed by atoms with E-state index in [0.717, 1.165) is 16.9 Å². The van der Waals surface area contributed by atoms with Crippen molar-refractivity contribution in [2.75, 3.05) is 13.2 Å². The molecule has 0 spiro atoms. The molecule has 4 rings (SSSR count). The standard InChI is InChI=1S/C19H18ClN5O3S2/c20-15-7-6-13-10-16(29-18(13)23-15)30(27,28)24-14-8-9-25(19(14)26)11-22-17(21)12-4-2-1-3-5-12/h1-7,10,14,24H,8-9,11H2,(H2,21,22)/t14-/m0/s1. The smallest absolute Gasteiger partial charge is 0.250 e. The van der Waals surface area contributed by atoms with Crippen molar-refractivity contribution in [3.8, 4) is 0 Å². The fourth-order valence-electron chi connectivity index (χ4n) is 3.10. The number of amidine groups is 1. The third kappa shape index (κ3) is 4.31. The van der Waals surface area contributed by atoms with Gasteiger partial charge in [-0.25, -0.2) is 18.4 Å². The maximum atomic E-state index is 12.8. The van der Waals surface area contributed by atoms with Crippen LogP contribution in [-0.2, 0) is 14.8 Å². The Morgan fingerprint density at radius 2 is 2.07 bits per heavy atom. The average molecular weight is 464 g/mol. The predicted octanol–water partition coefficient (Wildman–Crippen LogP) is 2.19. The maximum absolute atomic E-state index is 12.8. The molecule has 11 heteroatoms. The van der Waals surface area contributed by atoms with Gasteiger partial charge in [-0.15, -0.1) is 11.3 Å². The maximum Gasteiger partial charge on any atom is 0.250 e. The number of carbonyl (C=O) groups excluding carboxylic acids is 1. The van der Waals surface area contributed by atoms with Gasteiger partial charge < -0.3 is 10.6 Å². The number of pyridine rings is 1.